The van der Waals surface area contributed by atoms with E-state index in [0.29, 0.717) is 18.5 Å². The largest absolute Gasteiger partial charge is 0.494 e. The molecule has 0 saturated heterocycles. The van der Waals surface area contributed by atoms with Crippen LogP contribution in [0.1, 0.15) is 12.8 Å². The predicted molar refractivity (Wildman–Crippen MR) is 88.3 cm³/mol. The lowest BCUT2D eigenvalue weighted by Gasteiger charge is -2.16. The third kappa shape index (κ3) is 3.45. The second-order valence-corrected chi connectivity index (χ2v) is 5.85. The van der Waals surface area contributed by atoms with Crippen molar-refractivity contribution in [3.8, 4) is 5.75 Å². The number of carbonyl (C=O) groups is 2. The number of nitrogens with one attached hydrogen (secondary N) is 2. The zero-order valence-corrected chi connectivity index (χ0v) is 13.4. The highest BCUT2D eigenvalue weighted by atomic mass is 19.1. The number of hydrogen-bond donors (Lipinski definition) is 2. The van der Waals surface area contributed by atoms with Gasteiger partial charge in [0, 0.05) is 17.4 Å². The number of carbonyl (C=O) groups excluding carboxylic acids is 2. The number of rotatable bonds is 5. The molecule has 1 fully saturated rings. The van der Waals surface area contributed by atoms with Gasteiger partial charge in [-0.3, -0.25) is 9.59 Å². The van der Waals surface area contributed by atoms with Crippen molar-refractivity contribution in [2.75, 3.05) is 17.7 Å². The fourth-order valence-electron chi connectivity index (χ4n) is 2.46. The minimum atomic E-state index is -1.19. The van der Waals surface area contributed by atoms with Crippen molar-refractivity contribution in [3.05, 3.63) is 54.1 Å². The lowest BCUT2D eigenvalue weighted by Crippen LogP contribution is -2.35. The van der Waals surface area contributed by atoms with Gasteiger partial charge in [0.25, 0.3) is 0 Å². The van der Waals surface area contributed by atoms with Gasteiger partial charge < -0.3 is 15.4 Å². The normalized spacial score (nSPS) is 14.5. The first-order chi connectivity index (χ1) is 11.9. The molecular weight excluding hydrogens is 330 g/mol. The maximum absolute atomic E-state index is 13.7. The summed E-state index contributed by atoms with van der Waals surface area (Å²) < 4.78 is 31.4. The molecule has 1 saturated carbocycles. The summed E-state index contributed by atoms with van der Waals surface area (Å²) in [6.07, 6.45) is 0.787. The summed E-state index contributed by atoms with van der Waals surface area (Å²) in [6, 6.07) is 9.28. The maximum Gasteiger partial charge on any atom is 0.240 e. The molecule has 3 rings (SSSR count). The number of benzene rings is 2. The second-order valence-electron chi connectivity index (χ2n) is 5.85. The molecule has 0 spiro atoms. The third-order valence-corrected chi connectivity index (χ3v) is 4.13. The number of anilines is 2. The molecule has 2 amide bonds. The summed E-state index contributed by atoms with van der Waals surface area (Å²) in [5.41, 5.74) is -0.546. The fourth-order valence-corrected chi connectivity index (χ4v) is 2.46. The third-order valence-electron chi connectivity index (χ3n) is 4.13. The van der Waals surface area contributed by atoms with E-state index in [1.54, 1.807) is 0 Å². The van der Waals surface area contributed by atoms with E-state index in [2.05, 4.69) is 10.6 Å². The standard InChI is InChI=1S/C18H16F2N2O3/c1-25-15-7-6-13(10-14(15)20)22-17(24)18(8-9-18)16(23)21-12-4-2-11(19)3-5-12/h2-7,10H,8-9H2,1H3,(H,21,23)(H,22,24). The van der Waals surface area contributed by atoms with Crippen molar-refractivity contribution >= 4 is 23.2 Å². The van der Waals surface area contributed by atoms with Crippen LogP contribution in [0.2, 0.25) is 0 Å². The van der Waals surface area contributed by atoms with Gasteiger partial charge in [-0.2, -0.15) is 0 Å². The minimum absolute atomic E-state index is 0.0631. The molecule has 0 unspecified atom stereocenters. The van der Waals surface area contributed by atoms with Crippen LogP contribution >= 0.6 is 0 Å². The highest BCUT2D eigenvalue weighted by Crippen LogP contribution is 2.47. The summed E-state index contributed by atoms with van der Waals surface area (Å²) in [5.74, 6) is -1.94. The Kier molecular flexibility index (Phi) is 4.39. The molecule has 0 aliphatic heterocycles. The van der Waals surface area contributed by atoms with Gasteiger partial charge in [0.1, 0.15) is 11.2 Å². The summed E-state index contributed by atoms with van der Waals surface area (Å²) in [4.78, 5) is 24.9. The molecule has 130 valence electrons. The van der Waals surface area contributed by atoms with Crippen LogP contribution in [0.5, 0.6) is 5.75 Å². The molecule has 25 heavy (non-hydrogen) atoms. The molecule has 1 aliphatic carbocycles. The molecule has 2 aromatic rings. The van der Waals surface area contributed by atoms with Crippen LogP contribution < -0.4 is 15.4 Å². The van der Waals surface area contributed by atoms with Crippen molar-refractivity contribution in [1.29, 1.82) is 0 Å². The molecule has 1 aliphatic rings. The SMILES string of the molecule is COc1ccc(NC(=O)C2(C(=O)Nc3ccc(F)cc3)CC2)cc1F. The van der Waals surface area contributed by atoms with Gasteiger partial charge in [-0.25, -0.2) is 8.78 Å². The predicted octanol–water partition coefficient (Wildman–Crippen LogP) is 3.33. The Bertz CT molecular complexity index is 818. The Balaban J connectivity index is 1.69. The molecule has 0 atom stereocenters. The van der Waals surface area contributed by atoms with Gasteiger partial charge in [-0.15, -0.1) is 0 Å². The lowest BCUT2D eigenvalue weighted by atomic mass is 10.0. The van der Waals surface area contributed by atoms with Crippen LogP contribution in [0, 0.1) is 17.0 Å². The van der Waals surface area contributed by atoms with E-state index in [1.807, 2.05) is 0 Å². The van der Waals surface area contributed by atoms with Crippen LogP contribution in [0.15, 0.2) is 42.5 Å². The van der Waals surface area contributed by atoms with Gasteiger partial charge >= 0.3 is 0 Å². The van der Waals surface area contributed by atoms with Crippen molar-refractivity contribution in [3.63, 3.8) is 0 Å². The number of halogens is 2. The van der Waals surface area contributed by atoms with Crippen molar-refractivity contribution in [1.82, 2.24) is 0 Å². The Labute approximate surface area is 143 Å². The van der Waals surface area contributed by atoms with E-state index in [4.69, 9.17) is 4.74 Å². The highest BCUT2D eigenvalue weighted by Gasteiger charge is 2.56. The van der Waals surface area contributed by atoms with Gasteiger partial charge in [0.15, 0.2) is 11.6 Å². The lowest BCUT2D eigenvalue weighted by molar-refractivity contribution is -0.131. The molecule has 5 nitrogen and oxygen atoms in total. The van der Waals surface area contributed by atoms with Gasteiger partial charge in [-0.1, -0.05) is 0 Å². The van der Waals surface area contributed by atoms with Crippen LogP contribution in [-0.4, -0.2) is 18.9 Å². The average Bonchev–Trinajstić information content (AvgIpc) is 3.39. The van der Waals surface area contributed by atoms with E-state index < -0.39 is 28.9 Å². The molecule has 2 N–H and O–H groups in total. The summed E-state index contributed by atoms with van der Waals surface area (Å²) >= 11 is 0. The molecule has 2 aromatic carbocycles. The van der Waals surface area contributed by atoms with Crippen LogP contribution in [0.3, 0.4) is 0 Å². The average molecular weight is 346 g/mol. The van der Waals surface area contributed by atoms with Crippen LogP contribution in [0.4, 0.5) is 20.2 Å². The van der Waals surface area contributed by atoms with E-state index in [-0.39, 0.29) is 11.4 Å². The van der Waals surface area contributed by atoms with Gasteiger partial charge in [0.2, 0.25) is 11.8 Å². The fraction of sp³-hybridized carbons (Fsp3) is 0.222. The number of amides is 2. The number of hydrogen-bond acceptors (Lipinski definition) is 3. The van der Waals surface area contributed by atoms with Gasteiger partial charge in [0.05, 0.1) is 7.11 Å². The van der Waals surface area contributed by atoms with E-state index in [0.717, 1.165) is 6.07 Å². The second kappa shape index (κ2) is 6.51. The topological polar surface area (TPSA) is 67.4 Å². The Hall–Kier alpha value is -2.96. The smallest absolute Gasteiger partial charge is 0.240 e. The van der Waals surface area contributed by atoms with Crippen molar-refractivity contribution in [2.24, 2.45) is 5.41 Å². The van der Waals surface area contributed by atoms with Crippen LogP contribution in [0.25, 0.3) is 0 Å². The Morgan fingerprint density at radius 3 is 2.04 bits per heavy atom. The Morgan fingerprint density at radius 2 is 1.52 bits per heavy atom. The van der Waals surface area contributed by atoms with Crippen LogP contribution in [-0.2, 0) is 9.59 Å². The highest BCUT2D eigenvalue weighted by molar-refractivity contribution is 6.16. The molecule has 0 bridgehead atoms. The maximum atomic E-state index is 13.7. The van der Waals surface area contributed by atoms with E-state index in [9.17, 15) is 18.4 Å². The number of methoxy groups -OCH3 is 1. The Morgan fingerprint density at radius 1 is 0.960 bits per heavy atom. The minimum Gasteiger partial charge on any atom is -0.494 e. The van der Waals surface area contributed by atoms with Crippen molar-refractivity contribution in [2.45, 2.75) is 12.8 Å². The zero-order valence-electron chi connectivity index (χ0n) is 13.4. The van der Waals surface area contributed by atoms with E-state index in [1.165, 1.54) is 43.5 Å². The van der Waals surface area contributed by atoms with E-state index >= 15 is 0 Å². The first-order valence-corrected chi connectivity index (χ1v) is 7.67. The molecule has 7 heteroatoms. The summed E-state index contributed by atoms with van der Waals surface area (Å²) in [6.45, 7) is 0. The van der Waals surface area contributed by atoms with Crippen molar-refractivity contribution < 1.29 is 23.1 Å². The van der Waals surface area contributed by atoms with Gasteiger partial charge in [-0.05, 0) is 49.2 Å². The zero-order chi connectivity index (χ0) is 18.0. The molecule has 0 aromatic heterocycles. The monoisotopic (exact) mass is 346 g/mol. The summed E-state index contributed by atoms with van der Waals surface area (Å²) in [7, 11) is 1.34. The first-order valence-electron chi connectivity index (χ1n) is 7.67. The number of ether oxygens (including phenoxy) is 1. The molecule has 0 radical (unpaired) electrons. The molecular formula is C18H16F2N2O3. The molecule has 0 heterocycles. The first kappa shape index (κ1) is 16.9. The quantitative estimate of drug-likeness (QED) is 0.816. The summed E-state index contributed by atoms with van der Waals surface area (Å²) in [5, 5.41) is 5.17.